The number of aliphatic carboxylic acids is 3. The van der Waals surface area contributed by atoms with Crippen LogP contribution in [-0.2, 0) is 24.0 Å². The van der Waals surface area contributed by atoms with Crippen molar-refractivity contribution in [1.29, 1.82) is 0 Å². The zero-order valence-corrected chi connectivity index (χ0v) is 17.2. The number of unbranched alkanes of at least 4 members (excludes halogenated alkanes) is 1. The van der Waals surface area contributed by atoms with Crippen LogP contribution in [0.1, 0.15) is 46.0 Å². The first-order chi connectivity index (χ1) is 13.8. The van der Waals surface area contributed by atoms with Crippen molar-refractivity contribution in [2.45, 2.75) is 70.1 Å². The van der Waals surface area contributed by atoms with Crippen LogP contribution in [0.4, 0.5) is 0 Å². The van der Waals surface area contributed by atoms with Gasteiger partial charge in [0.2, 0.25) is 11.8 Å². The third-order valence-corrected chi connectivity index (χ3v) is 3.71. The van der Waals surface area contributed by atoms with Crippen LogP contribution >= 0.6 is 0 Å². The molecule has 0 aromatic heterocycles. The molecule has 0 aromatic rings. The van der Waals surface area contributed by atoms with Crippen molar-refractivity contribution in [3.05, 3.63) is 0 Å². The predicted molar refractivity (Wildman–Crippen MR) is 106 cm³/mol. The van der Waals surface area contributed by atoms with Crippen LogP contribution in [0.25, 0.3) is 0 Å². The summed E-state index contributed by atoms with van der Waals surface area (Å²) in [6, 6.07) is -3.59. The minimum atomic E-state index is -1.14. The van der Waals surface area contributed by atoms with Crippen LogP contribution in [-0.4, -0.2) is 75.8 Å². The van der Waals surface area contributed by atoms with Crippen molar-refractivity contribution in [2.24, 2.45) is 17.2 Å². The van der Waals surface area contributed by atoms with Crippen LogP contribution in [0, 0.1) is 0 Å². The van der Waals surface area contributed by atoms with Gasteiger partial charge in [-0.25, -0.2) is 4.79 Å². The number of nitrogens with one attached hydrogen (secondary N) is 2. The molecule has 0 saturated carbocycles. The van der Waals surface area contributed by atoms with Crippen LogP contribution < -0.4 is 27.8 Å². The Balaban J connectivity index is 0. The molecule has 0 bridgehead atoms. The molecule has 0 radical (unpaired) electrons. The quantitative estimate of drug-likeness (QED) is 0.144. The van der Waals surface area contributed by atoms with E-state index in [9.17, 15) is 24.0 Å². The fourth-order valence-corrected chi connectivity index (χ4v) is 1.85. The van der Waals surface area contributed by atoms with Gasteiger partial charge in [-0.3, -0.25) is 19.2 Å². The fourth-order valence-electron chi connectivity index (χ4n) is 1.85. The summed E-state index contributed by atoms with van der Waals surface area (Å²) in [6.45, 7) is 3.32. The number of amides is 2. The maximum absolute atomic E-state index is 11.6. The number of nitrogens with two attached hydrogens (primary N) is 3. The molecule has 0 aliphatic rings. The maximum atomic E-state index is 11.6. The number of rotatable bonds is 13. The molecule has 13 nitrogen and oxygen atoms in total. The molecule has 2 amide bonds. The molecule has 4 atom stereocenters. The lowest BCUT2D eigenvalue weighted by Crippen LogP contribution is -2.48. The highest BCUT2D eigenvalue weighted by molar-refractivity contribution is 5.87. The normalized spacial score (nSPS) is 14.2. The molecular weight excluding hydrogens is 402 g/mol. The second kappa shape index (κ2) is 16.1. The zero-order valence-electron chi connectivity index (χ0n) is 17.2. The van der Waals surface area contributed by atoms with Crippen molar-refractivity contribution in [3.63, 3.8) is 0 Å². The molecule has 174 valence electrons. The van der Waals surface area contributed by atoms with Crippen LogP contribution in [0.3, 0.4) is 0 Å². The summed E-state index contributed by atoms with van der Waals surface area (Å²) in [7, 11) is 0. The molecule has 0 rings (SSSR count). The Bertz CT molecular complexity index is 584. The average Bonchev–Trinajstić information content (AvgIpc) is 2.65. The van der Waals surface area contributed by atoms with Crippen molar-refractivity contribution in [1.82, 2.24) is 10.6 Å². The first-order valence-corrected chi connectivity index (χ1v) is 9.32. The second-order valence-electron chi connectivity index (χ2n) is 6.58. The number of hydrogen-bond donors (Lipinski definition) is 8. The Labute approximate surface area is 174 Å². The van der Waals surface area contributed by atoms with Crippen LogP contribution in [0.2, 0.25) is 0 Å². The summed E-state index contributed by atoms with van der Waals surface area (Å²) in [6.07, 6.45) is 1.25. The molecule has 0 aromatic carbocycles. The maximum Gasteiger partial charge on any atom is 0.326 e. The lowest BCUT2D eigenvalue weighted by molar-refractivity contribution is -0.142. The highest BCUT2D eigenvalue weighted by Crippen LogP contribution is 2.02. The van der Waals surface area contributed by atoms with Gasteiger partial charge in [0, 0.05) is 6.42 Å². The third-order valence-electron chi connectivity index (χ3n) is 3.71. The van der Waals surface area contributed by atoms with E-state index in [4.69, 9.17) is 32.5 Å². The Hall–Kier alpha value is -2.77. The number of carboxylic acid groups (broad SMARTS) is 3. The molecular formula is C17H33N5O8. The van der Waals surface area contributed by atoms with E-state index in [-0.39, 0.29) is 19.3 Å². The molecule has 0 spiro atoms. The van der Waals surface area contributed by atoms with E-state index in [1.807, 2.05) is 0 Å². The summed E-state index contributed by atoms with van der Waals surface area (Å²) < 4.78 is 0. The first-order valence-electron chi connectivity index (χ1n) is 9.32. The van der Waals surface area contributed by atoms with Gasteiger partial charge in [0.25, 0.3) is 0 Å². The Morgan fingerprint density at radius 2 is 1.40 bits per heavy atom. The molecule has 0 heterocycles. The molecule has 4 unspecified atom stereocenters. The number of hydrogen-bond acceptors (Lipinski definition) is 8. The van der Waals surface area contributed by atoms with Gasteiger partial charge in [0.15, 0.2) is 0 Å². The summed E-state index contributed by atoms with van der Waals surface area (Å²) in [4.78, 5) is 53.8. The summed E-state index contributed by atoms with van der Waals surface area (Å²) in [5.74, 6) is -4.38. The van der Waals surface area contributed by atoms with Crippen molar-refractivity contribution >= 4 is 29.7 Å². The second-order valence-corrected chi connectivity index (χ2v) is 6.58. The molecule has 0 fully saturated rings. The smallest absolute Gasteiger partial charge is 0.326 e. The van der Waals surface area contributed by atoms with Gasteiger partial charge in [-0.05, 0) is 46.1 Å². The summed E-state index contributed by atoms with van der Waals surface area (Å²) in [5.41, 5.74) is 16.0. The van der Waals surface area contributed by atoms with E-state index >= 15 is 0 Å². The Kier molecular flexibility index (Phi) is 15.8. The van der Waals surface area contributed by atoms with E-state index < -0.39 is 53.9 Å². The monoisotopic (exact) mass is 435 g/mol. The van der Waals surface area contributed by atoms with Crippen LogP contribution in [0.15, 0.2) is 0 Å². The third kappa shape index (κ3) is 15.2. The average molecular weight is 435 g/mol. The highest BCUT2D eigenvalue weighted by atomic mass is 16.4. The zero-order chi connectivity index (χ0) is 23.9. The van der Waals surface area contributed by atoms with Gasteiger partial charge in [-0.15, -0.1) is 0 Å². The number of carboxylic acids is 3. The van der Waals surface area contributed by atoms with Gasteiger partial charge in [-0.1, -0.05) is 0 Å². The minimum absolute atomic E-state index is 0.0314. The van der Waals surface area contributed by atoms with Gasteiger partial charge in [0.05, 0.1) is 12.1 Å². The van der Waals surface area contributed by atoms with Gasteiger partial charge >= 0.3 is 17.9 Å². The number of carbonyl (C=O) groups is 5. The van der Waals surface area contributed by atoms with Gasteiger partial charge in [0.1, 0.15) is 12.1 Å². The lowest BCUT2D eigenvalue weighted by atomic mass is 10.1. The SMILES string of the molecule is CC(N)C(=O)NC(C)C(=O)O.NCCCCC(NC(=O)C(N)CCC(=O)O)C(=O)O. The topological polar surface area (TPSA) is 248 Å². The molecule has 0 aliphatic carbocycles. The standard InChI is InChI=1S/C11H21N3O5.C6H12N2O3/c12-6-2-1-3-8(11(18)19)14-10(17)7(13)4-5-9(15)16;1-3(7)5(9)8-4(2)6(10)11/h7-8H,1-6,12-13H2,(H,14,17)(H,15,16)(H,18,19);3-4H,7H2,1-2H3,(H,8,9)(H,10,11). The molecule has 13 heteroatoms. The summed E-state index contributed by atoms with van der Waals surface area (Å²) >= 11 is 0. The molecule has 0 saturated heterocycles. The van der Waals surface area contributed by atoms with E-state index in [1.54, 1.807) is 0 Å². The lowest BCUT2D eigenvalue weighted by Gasteiger charge is -2.17. The van der Waals surface area contributed by atoms with Gasteiger partial charge < -0.3 is 43.2 Å². The van der Waals surface area contributed by atoms with Crippen molar-refractivity contribution in [2.75, 3.05) is 6.54 Å². The molecule has 30 heavy (non-hydrogen) atoms. The highest BCUT2D eigenvalue weighted by Gasteiger charge is 2.23. The minimum Gasteiger partial charge on any atom is -0.481 e. The summed E-state index contributed by atoms with van der Waals surface area (Å²) in [5, 5.41) is 30.3. The Morgan fingerprint density at radius 1 is 0.833 bits per heavy atom. The first kappa shape index (κ1) is 29.4. The van der Waals surface area contributed by atoms with E-state index in [1.165, 1.54) is 13.8 Å². The largest absolute Gasteiger partial charge is 0.481 e. The van der Waals surface area contributed by atoms with Crippen molar-refractivity contribution < 1.29 is 39.3 Å². The predicted octanol–water partition coefficient (Wildman–Crippen LogP) is -2.20. The van der Waals surface area contributed by atoms with Crippen molar-refractivity contribution in [3.8, 4) is 0 Å². The fraction of sp³-hybridized carbons (Fsp3) is 0.706. The number of carbonyl (C=O) groups excluding carboxylic acids is 2. The molecule has 11 N–H and O–H groups in total. The van der Waals surface area contributed by atoms with E-state index in [2.05, 4.69) is 10.6 Å². The van der Waals surface area contributed by atoms with Gasteiger partial charge in [-0.2, -0.15) is 0 Å². The molecule has 0 aliphatic heterocycles. The Morgan fingerprint density at radius 3 is 1.80 bits per heavy atom. The van der Waals surface area contributed by atoms with E-state index in [0.717, 1.165) is 0 Å². The van der Waals surface area contributed by atoms with Crippen LogP contribution in [0.5, 0.6) is 0 Å². The van der Waals surface area contributed by atoms with E-state index in [0.29, 0.717) is 19.4 Å².